The van der Waals surface area contributed by atoms with E-state index in [0.717, 1.165) is 35.2 Å². The third-order valence-corrected chi connectivity index (χ3v) is 4.08. The van der Waals surface area contributed by atoms with Gasteiger partial charge in [0.05, 0.1) is 11.3 Å². The predicted octanol–water partition coefficient (Wildman–Crippen LogP) is 3.92. The van der Waals surface area contributed by atoms with Crippen LogP contribution in [0, 0.1) is 0 Å². The Morgan fingerprint density at radius 1 is 1.00 bits per heavy atom. The van der Waals surface area contributed by atoms with Crippen molar-refractivity contribution in [2.24, 2.45) is 0 Å². The van der Waals surface area contributed by atoms with Gasteiger partial charge in [-0.25, -0.2) is 0 Å². The summed E-state index contributed by atoms with van der Waals surface area (Å²) >= 11 is 0. The highest BCUT2D eigenvalue weighted by atomic mass is 32.2. The minimum Gasteiger partial charge on any atom is -0.367 e. The molecule has 0 atom stereocenters. The number of benzene rings is 2. The number of aromatic amines is 1. The molecule has 0 aliphatic carbocycles. The summed E-state index contributed by atoms with van der Waals surface area (Å²) in [5.74, 6) is 0.0847. The Hall–Kier alpha value is -2.68. The lowest BCUT2D eigenvalue weighted by molar-refractivity contribution is -0.137. The van der Waals surface area contributed by atoms with Gasteiger partial charge in [-0.3, -0.25) is 4.72 Å². The number of alkyl halides is 3. The molecule has 3 rings (SSSR count). The number of hydrogen-bond donors (Lipinski definition) is 2. The maximum atomic E-state index is 12.5. The number of hydrogen-bond acceptors (Lipinski definition) is 3. The van der Waals surface area contributed by atoms with Crippen molar-refractivity contribution < 1.29 is 25.8 Å². The predicted molar refractivity (Wildman–Crippen MR) is 82.9 cm³/mol. The first kappa shape index (κ1) is 16.2. The molecule has 0 aliphatic heterocycles. The Kier molecular flexibility index (Phi) is 3.88. The van der Waals surface area contributed by atoms with E-state index < -0.39 is 22.0 Å². The van der Waals surface area contributed by atoms with Crippen LogP contribution in [0.1, 0.15) is 5.56 Å². The second-order valence-electron chi connectivity index (χ2n) is 4.94. The maximum Gasteiger partial charge on any atom is 0.416 e. The lowest BCUT2D eigenvalue weighted by Crippen LogP contribution is -2.19. The van der Waals surface area contributed by atoms with Gasteiger partial charge >= 0.3 is 16.5 Å². The van der Waals surface area contributed by atoms with Crippen LogP contribution in [0.2, 0.25) is 0 Å². The van der Waals surface area contributed by atoms with Crippen molar-refractivity contribution in [3.63, 3.8) is 0 Å². The van der Waals surface area contributed by atoms with Gasteiger partial charge in [0.25, 0.3) is 0 Å². The highest BCUT2D eigenvalue weighted by molar-refractivity contribution is 7.88. The van der Waals surface area contributed by atoms with Gasteiger partial charge in [0.15, 0.2) is 0 Å². The fourth-order valence-electron chi connectivity index (χ4n) is 2.10. The van der Waals surface area contributed by atoms with Crippen LogP contribution in [0.5, 0.6) is 5.75 Å². The standard InChI is InChI=1S/C15H11F3N2O3S/c16-15(17,18)11-1-3-12(4-2-11)20-24(21,22)23-13-5-6-14-10(9-13)7-8-19-14/h1-9,19-20H. The molecule has 24 heavy (non-hydrogen) atoms. The highest BCUT2D eigenvalue weighted by Crippen LogP contribution is 2.30. The average molecular weight is 356 g/mol. The third kappa shape index (κ3) is 3.62. The summed E-state index contributed by atoms with van der Waals surface area (Å²) in [4.78, 5) is 2.95. The number of aromatic nitrogens is 1. The molecule has 0 fully saturated rings. The smallest absolute Gasteiger partial charge is 0.367 e. The summed E-state index contributed by atoms with van der Waals surface area (Å²) in [6, 6.07) is 9.98. The molecule has 0 radical (unpaired) electrons. The van der Waals surface area contributed by atoms with Crippen molar-refractivity contribution in [1.82, 2.24) is 4.98 Å². The van der Waals surface area contributed by atoms with E-state index in [4.69, 9.17) is 4.18 Å². The first-order chi connectivity index (χ1) is 11.2. The van der Waals surface area contributed by atoms with Crippen LogP contribution in [0.15, 0.2) is 54.7 Å². The van der Waals surface area contributed by atoms with Gasteiger partial charge in [-0.05, 0) is 48.5 Å². The molecule has 0 saturated heterocycles. The normalized spacial score (nSPS) is 12.3. The molecule has 126 valence electrons. The van der Waals surface area contributed by atoms with Crippen molar-refractivity contribution in [2.75, 3.05) is 4.72 Å². The molecule has 0 aliphatic rings. The number of rotatable bonds is 4. The van der Waals surface area contributed by atoms with E-state index in [1.165, 1.54) is 12.1 Å². The van der Waals surface area contributed by atoms with Crippen LogP contribution in [0.25, 0.3) is 10.9 Å². The van der Waals surface area contributed by atoms with Crippen LogP contribution >= 0.6 is 0 Å². The largest absolute Gasteiger partial charge is 0.416 e. The van der Waals surface area contributed by atoms with E-state index in [1.54, 1.807) is 18.3 Å². The Labute approximate surface area is 135 Å². The summed E-state index contributed by atoms with van der Waals surface area (Å²) in [5, 5.41) is 0.761. The Bertz CT molecular complexity index is 964. The molecule has 0 spiro atoms. The van der Waals surface area contributed by atoms with E-state index in [-0.39, 0.29) is 11.4 Å². The van der Waals surface area contributed by atoms with E-state index in [0.29, 0.717) is 0 Å². The number of anilines is 1. The second kappa shape index (κ2) is 5.75. The molecule has 0 unspecified atom stereocenters. The molecule has 0 saturated carbocycles. The average Bonchev–Trinajstić information content (AvgIpc) is 2.93. The Morgan fingerprint density at radius 3 is 2.38 bits per heavy atom. The molecule has 0 amide bonds. The number of halogens is 3. The molecule has 5 nitrogen and oxygen atoms in total. The number of fused-ring (bicyclic) bond motifs is 1. The summed E-state index contributed by atoms with van der Waals surface area (Å²) in [6.07, 6.45) is -2.79. The van der Waals surface area contributed by atoms with Gasteiger partial charge in [0, 0.05) is 17.1 Å². The Balaban J connectivity index is 1.75. The molecule has 1 heterocycles. The highest BCUT2D eigenvalue weighted by Gasteiger charge is 2.30. The zero-order valence-electron chi connectivity index (χ0n) is 12.0. The van der Waals surface area contributed by atoms with Gasteiger partial charge in [-0.1, -0.05) is 0 Å². The molecule has 2 N–H and O–H groups in total. The van der Waals surface area contributed by atoms with E-state index >= 15 is 0 Å². The van der Waals surface area contributed by atoms with E-state index in [1.807, 2.05) is 0 Å². The zero-order chi connectivity index (χ0) is 17.4. The quantitative estimate of drug-likeness (QED) is 0.744. The molecule has 9 heteroatoms. The van der Waals surface area contributed by atoms with E-state index in [9.17, 15) is 21.6 Å². The molecule has 3 aromatic rings. The van der Waals surface area contributed by atoms with Crippen molar-refractivity contribution in [3.05, 3.63) is 60.3 Å². The first-order valence-corrected chi connectivity index (χ1v) is 8.10. The van der Waals surface area contributed by atoms with Gasteiger partial charge in [-0.15, -0.1) is 0 Å². The van der Waals surface area contributed by atoms with Crippen LogP contribution in [0.3, 0.4) is 0 Å². The van der Waals surface area contributed by atoms with E-state index in [2.05, 4.69) is 9.71 Å². The minimum absolute atomic E-state index is 0.0364. The molecular formula is C15H11F3N2O3S. The molecule has 0 bridgehead atoms. The summed E-state index contributed by atoms with van der Waals surface area (Å²) in [5.41, 5.74) is -0.0922. The number of nitrogens with one attached hydrogen (secondary N) is 2. The van der Waals surface area contributed by atoms with Crippen molar-refractivity contribution in [2.45, 2.75) is 6.18 Å². The first-order valence-electron chi connectivity index (χ1n) is 6.70. The van der Waals surface area contributed by atoms with Crippen LogP contribution < -0.4 is 8.91 Å². The van der Waals surface area contributed by atoms with Crippen LogP contribution in [-0.2, 0) is 16.5 Å². The van der Waals surface area contributed by atoms with Gasteiger partial charge < -0.3 is 9.17 Å². The maximum absolute atomic E-state index is 12.5. The Morgan fingerprint density at radius 2 is 1.71 bits per heavy atom. The number of H-pyrrole nitrogens is 1. The minimum atomic E-state index is -4.49. The lowest BCUT2D eigenvalue weighted by atomic mass is 10.2. The molecular weight excluding hydrogens is 345 g/mol. The summed E-state index contributed by atoms with van der Waals surface area (Å²) in [7, 11) is -4.23. The molecule has 1 aromatic heterocycles. The van der Waals surface area contributed by atoms with Gasteiger partial charge in [-0.2, -0.15) is 21.6 Å². The lowest BCUT2D eigenvalue weighted by Gasteiger charge is -2.11. The summed E-state index contributed by atoms with van der Waals surface area (Å²) < 4.78 is 68.3. The summed E-state index contributed by atoms with van der Waals surface area (Å²) in [6.45, 7) is 0. The third-order valence-electron chi connectivity index (χ3n) is 3.19. The second-order valence-corrected chi connectivity index (χ2v) is 6.22. The zero-order valence-corrected chi connectivity index (χ0v) is 12.8. The van der Waals surface area contributed by atoms with Gasteiger partial charge in [0.2, 0.25) is 0 Å². The topological polar surface area (TPSA) is 71.2 Å². The van der Waals surface area contributed by atoms with Crippen molar-refractivity contribution in [3.8, 4) is 5.75 Å². The molecule has 2 aromatic carbocycles. The van der Waals surface area contributed by atoms with Crippen LogP contribution in [0.4, 0.5) is 18.9 Å². The van der Waals surface area contributed by atoms with Crippen LogP contribution in [-0.4, -0.2) is 13.4 Å². The van der Waals surface area contributed by atoms with Crippen molar-refractivity contribution >= 4 is 26.9 Å². The SMILES string of the molecule is O=S(=O)(Nc1ccc(C(F)(F)F)cc1)Oc1ccc2[nH]ccc2c1. The van der Waals surface area contributed by atoms with Crippen molar-refractivity contribution in [1.29, 1.82) is 0 Å². The fourth-order valence-corrected chi connectivity index (χ4v) is 2.93. The monoisotopic (exact) mass is 356 g/mol. The fraction of sp³-hybridized carbons (Fsp3) is 0.0667. The van der Waals surface area contributed by atoms with Gasteiger partial charge in [0.1, 0.15) is 5.75 Å².